The molecule has 1 aliphatic heterocycles. The highest BCUT2D eigenvalue weighted by atomic mass is 32.2. The van der Waals surface area contributed by atoms with E-state index in [1.54, 1.807) is 0 Å². The highest BCUT2D eigenvalue weighted by Gasteiger charge is 2.25. The summed E-state index contributed by atoms with van der Waals surface area (Å²) in [6.07, 6.45) is 3.82. The van der Waals surface area contributed by atoms with Gasteiger partial charge in [0.05, 0.1) is 11.4 Å². The van der Waals surface area contributed by atoms with Gasteiger partial charge in [0, 0.05) is 24.3 Å². The third-order valence-corrected chi connectivity index (χ3v) is 7.39. The quantitative estimate of drug-likeness (QED) is 0.716. The molecule has 0 unspecified atom stereocenters. The zero-order valence-electron chi connectivity index (χ0n) is 18.0. The maximum atomic E-state index is 12.8. The van der Waals surface area contributed by atoms with E-state index in [4.69, 9.17) is 0 Å². The highest BCUT2D eigenvalue weighted by Crippen LogP contribution is 2.21. The van der Waals surface area contributed by atoms with Gasteiger partial charge in [0.25, 0.3) is 5.91 Å². The first-order chi connectivity index (χ1) is 14.8. The Balaban J connectivity index is 1.59. The Morgan fingerprint density at radius 2 is 1.48 bits per heavy atom. The van der Waals surface area contributed by atoms with Crippen molar-refractivity contribution in [1.29, 1.82) is 0 Å². The molecule has 0 aromatic heterocycles. The van der Waals surface area contributed by atoms with Gasteiger partial charge in [-0.25, -0.2) is 8.42 Å². The van der Waals surface area contributed by atoms with Crippen molar-refractivity contribution in [2.75, 3.05) is 25.0 Å². The number of para-hydroxylation sites is 1. The number of rotatable bonds is 6. The standard InChI is InChI=1S/C23H29N3O4S/c1-17-8-7-9-18(2)22(17)25-21(27)16-24-23(28)19-10-12-20(13-11-19)31(29,30)26-14-5-3-4-6-15-26/h7-13H,3-6,14-16H2,1-2H3,(H,24,28)(H,25,27). The molecule has 0 radical (unpaired) electrons. The van der Waals surface area contributed by atoms with Crippen LogP contribution in [0.5, 0.6) is 0 Å². The van der Waals surface area contributed by atoms with Crippen LogP contribution >= 0.6 is 0 Å². The first-order valence-corrected chi connectivity index (χ1v) is 12.0. The number of nitrogens with zero attached hydrogens (tertiary/aromatic N) is 1. The summed E-state index contributed by atoms with van der Waals surface area (Å²) in [7, 11) is -3.56. The SMILES string of the molecule is Cc1cccc(C)c1NC(=O)CNC(=O)c1ccc(S(=O)(=O)N2CCCCCC2)cc1. The summed E-state index contributed by atoms with van der Waals surface area (Å²) >= 11 is 0. The molecule has 0 bridgehead atoms. The Labute approximate surface area is 183 Å². The van der Waals surface area contributed by atoms with Crippen LogP contribution in [0.15, 0.2) is 47.4 Å². The van der Waals surface area contributed by atoms with Crippen molar-refractivity contribution in [2.45, 2.75) is 44.4 Å². The number of nitrogens with one attached hydrogen (secondary N) is 2. The van der Waals surface area contributed by atoms with Crippen molar-refractivity contribution in [3.05, 3.63) is 59.2 Å². The van der Waals surface area contributed by atoms with Crippen LogP contribution in [0.4, 0.5) is 5.69 Å². The Bertz CT molecular complexity index is 1020. The van der Waals surface area contributed by atoms with Gasteiger partial charge in [-0.15, -0.1) is 0 Å². The van der Waals surface area contributed by atoms with E-state index in [2.05, 4.69) is 10.6 Å². The monoisotopic (exact) mass is 443 g/mol. The van der Waals surface area contributed by atoms with Crippen LogP contribution in [0, 0.1) is 13.8 Å². The lowest BCUT2D eigenvalue weighted by molar-refractivity contribution is -0.115. The van der Waals surface area contributed by atoms with Gasteiger partial charge in [0.1, 0.15) is 0 Å². The molecule has 2 aromatic rings. The maximum absolute atomic E-state index is 12.8. The van der Waals surface area contributed by atoms with Gasteiger partial charge in [0.2, 0.25) is 15.9 Å². The van der Waals surface area contributed by atoms with Crippen molar-refractivity contribution in [3.8, 4) is 0 Å². The summed E-state index contributed by atoms with van der Waals surface area (Å²) < 4.78 is 27.2. The fourth-order valence-corrected chi connectivity index (χ4v) is 5.18. The van der Waals surface area contributed by atoms with Crippen LogP contribution in [0.1, 0.15) is 47.2 Å². The molecule has 1 heterocycles. The number of carbonyl (C=O) groups excluding carboxylic acids is 2. The third kappa shape index (κ3) is 5.71. The minimum absolute atomic E-state index is 0.179. The fraction of sp³-hybridized carbons (Fsp3) is 0.391. The van der Waals surface area contributed by atoms with E-state index in [1.807, 2.05) is 32.0 Å². The smallest absolute Gasteiger partial charge is 0.251 e. The molecule has 0 aliphatic carbocycles. The van der Waals surface area contributed by atoms with E-state index in [-0.39, 0.29) is 17.3 Å². The molecule has 2 N–H and O–H groups in total. The molecular formula is C23H29N3O4S. The Hall–Kier alpha value is -2.71. The average Bonchev–Trinajstić information content (AvgIpc) is 3.05. The first kappa shape index (κ1) is 23.0. The van der Waals surface area contributed by atoms with Crippen LogP contribution in [0.25, 0.3) is 0 Å². The number of hydrogen-bond acceptors (Lipinski definition) is 4. The fourth-order valence-electron chi connectivity index (χ4n) is 3.67. The molecule has 0 saturated carbocycles. The molecule has 7 nitrogen and oxygen atoms in total. The van der Waals surface area contributed by atoms with Gasteiger partial charge in [-0.2, -0.15) is 4.31 Å². The maximum Gasteiger partial charge on any atom is 0.251 e. The van der Waals surface area contributed by atoms with Gasteiger partial charge >= 0.3 is 0 Å². The van der Waals surface area contributed by atoms with Gasteiger partial charge in [-0.05, 0) is 62.1 Å². The first-order valence-electron chi connectivity index (χ1n) is 10.5. The van der Waals surface area contributed by atoms with Crippen LogP contribution in [-0.2, 0) is 14.8 Å². The van der Waals surface area contributed by atoms with Crippen molar-refractivity contribution >= 4 is 27.5 Å². The Morgan fingerprint density at radius 1 is 0.903 bits per heavy atom. The second-order valence-corrected chi connectivity index (χ2v) is 9.78. The topological polar surface area (TPSA) is 95.6 Å². The van der Waals surface area contributed by atoms with Crippen LogP contribution in [0.3, 0.4) is 0 Å². The van der Waals surface area contributed by atoms with Crippen molar-refractivity contribution in [1.82, 2.24) is 9.62 Å². The Kier molecular flexibility index (Phi) is 7.46. The molecule has 2 amide bonds. The predicted octanol–water partition coefficient (Wildman–Crippen LogP) is 3.24. The van der Waals surface area contributed by atoms with Crippen LogP contribution in [-0.4, -0.2) is 44.2 Å². The molecule has 2 aromatic carbocycles. The summed E-state index contributed by atoms with van der Waals surface area (Å²) in [4.78, 5) is 24.8. The summed E-state index contributed by atoms with van der Waals surface area (Å²) in [5.74, 6) is -0.763. The minimum atomic E-state index is -3.56. The molecule has 0 spiro atoms. The molecule has 3 rings (SSSR count). The molecule has 31 heavy (non-hydrogen) atoms. The summed E-state index contributed by atoms with van der Waals surface area (Å²) in [6, 6.07) is 11.6. The number of hydrogen-bond donors (Lipinski definition) is 2. The molecule has 1 fully saturated rings. The largest absolute Gasteiger partial charge is 0.343 e. The minimum Gasteiger partial charge on any atom is -0.343 e. The van der Waals surface area contributed by atoms with E-state index >= 15 is 0 Å². The number of benzene rings is 2. The zero-order valence-corrected chi connectivity index (χ0v) is 18.8. The lowest BCUT2D eigenvalue weighted by atomic mass is 10.1. The molecule has 1 saturated heterocycles. The second-order valence-electron chi connectivity index (χ2n) is 7.84. The highest BCUT2D eigenvalue weighted by molar-refractivity contribution is 7.89. The molecule has 0 atom stereocenters. The predicted molar refractivity (Wildman–Crippen MR) is 121 cm³/mol. The van der Waals surface area contributed by atoms with Crippen LogP contribution in [0.2, 0.25) is 0 Å². The zero-order chi connectivity index (χ0) is 22.4. The van der Waals surface area contributed by atoms with Gasteiger partial charge in [0.15, 0.2) is 0 Å². The molecule has 8 heteroatoms. The van der Waals surface area contributed by atoms with E-state index < -0.39 is 15.9 Å². The third-order valence-electron chi connectivity index (χ3n) is 5.47. The Morgan fingerprint density at radius 3 is 2.06 bits per heavy atom. The van der Waals surface area contributed by atoms with E-state index in [1.165, 1.54) is 28.6 Å². The van der Waals surface area contributed by atoms with E-state index in [0.29, 0.717) is 18.7 Å². The summed E-state index contributed by atoms with van der Waals surface area (Å²) in [5, 5.41) is 5.39. The second kappa shape index (κ2) is 10.1. The number of carbonyl (C=O) groups is 2. The molecule has 166 valence electrons. The van der Waals surface area contributed by atoms with Gasteiger partial charge < -0.3 is 10.6 Å². The normalized spacial score (nSPS) is 15.2. The number of aryl methyl sites for hydroxylation is 2. The summed E-state index contributed by atoms with van der Waals surface area (Å²) in [5.41, 5.74) is 2.93. The van der Waals surface area contributed by atoms with Gasteiger partial charge in [-0.1, -0.05) is 31.0 Å². The number of amides is 2. The van der Waals surface area contributed by atoms with Crippen molar-refractivity contribution in [2.24, 2.45) is 0 Å². The summed E-state index contributed by atoms with van der Waals surface area (Å²) in [6.45, 7) is 4.69. The van der Waals surface area contributed by atoms with Gasteiger partial charge in [-0.3, -0.25) is 9.59 Å². The lowest BCUT2D eigenvalue weighted by Gasteiger charge is -2.20. The van der Waals surface area contributed by atoms with E-state index in [9.17, 15) is 18.0 Å². The average molecular weight is 444 g/mol. The van der Waals surface area contributed by atoms with E-state index in [0.717, 1.165) is 42.5 Å². The molecule has 1 aliphatic rings. The number of anilines is 1. The van der Waals surface area contributed by atoms with Crippen molar-refractivity contribution in [3.63, 3.8) is 0 Å². The molecular weight excluding hydrogens is 414 g/mol. The number of sulfonamides is 1. The lowest BCUT2D eigenvalue weighted by Crippen LogP contribution is -2.33. The van der Waals surface area contributed by atoms with Crippen molar-refractivity contribution < 1.29 is 18.0 Å². The van der Waals surface area contributed by atoms with Crippen LogP contribution < -0.4 is 10.6 Å².